The molecule has 3 heteroatoms. The van der Waals surface area contributed by atoms with Crippen LogP contribution in [0.25, 0.3) is 0 Å². The third-order valence-electron chi connectivity index (χ3n) is 5.77. The first-order chi connectivity index (χ1) is 14.2. The Hall–Kier alpha value is -1.94. The van der Waals surface area contributed by atoms with Crippen LogP contribution in [-0.2, 0) is 4.43 Å². The molecule has 1 N–H and O–H groups in total. The predicted molar refractivity (Wildman–Crippen MR) is 132 cm³/mol. The molecule has 0 saturated carbocycles. The molecule has 0 aromatic heterocycles. The van der Waals surface area contributed by atoms with Gasteiger partial charge >= 0.3 is 0 Å². The molecule has 0 aliphatic carbocycles. The smallest absolute Gasteiger partial charge is 0.261 e. The first-order valence-corrected chi connectivity index (χ1v) is 12.9. The van der Waals surface area contributed by atoms with Crippen LogP contribution in [0.5, 0.6) is 0 Å². The Balaban J connectivity index is 2.29. The zero-order chi connectivity index (χ0) is 22.2. The highest BCUT2D eigenvalue weighted by Gasteiger charge is 2.49. The van der Waals surface area contributed by atoms with Crippen molar-refractivity contribution in [3.63, 3.8) is 0 Å². The van der Waals surface area contributed by atoms with Crippen LogP contribution in [0.15, 0.2) is 85.0 Å². The fourth-order valence-corrected chi connectivity index (χ4v) is 8.73. The highest BCUT2D eigenvalue weighted by atomic mass is 28.4. The summed E-state index contributed by atoms with van der Waals surface area (Å²) < 4.78 is 6.96. The van der Waals surface area contributed by atoms with Gasteiger partial charge in [0, 0.05) is 6.61 Å². The van der Waals surface area contributed by atoms with E-state index < -0.39 is 14.4 Å². The van der Waals surface area contributed by atoms with Crippen LogP contribution < -0.4 is 10.4 Å². The number of hydrogen-bond acceptors (Lipinski definition) is 2. The third kappa shape index (κ3) is 5.81. The topological polar surface area (TPSA) is 29.5 Å². The lowest BCUT2D eigenvalue weighted by Crippen LogP contribution is -2.66. The quantitative estimate of drug-likeness (QED) is 0.406. The Labute approximate surface area is 184 Å². The second-order valence-corrected chi connectivity index (χ2v) is 13.5. The fourth-order valence-electron chi connectivity index (χ4n) is 4.15. The van der Waals surface area contributed by atoms with Crippen LogP contribution in [0.4, 0.5) is 0 Å². The van der Waals surface area contributed by atoms with Gasteiger partial charge in [0.15, 0.2) is 0 Å². The van der Waals surface area contributed by atoms with Gasteiger partial charge in [-0.2, -0.15) is 0 Å². The number of benzene rings is 2. The van der Waals surface area contributed by atoms with Crippen molar-refractivity contribution in [1.29, 1.82) is 0 Å². The molecule has 0 saturated heterocycles. The van der Waals surface area contributed by atoms with Crippen LogP contribution in [0.2, 0.25) is 5.04 Å². The summed E-state index contributed by atoms with van der Waals surface area (Å²) >= 11 is 0. The molecule has 162 valence electrons. The monoisotopic (exact) mass is 422 g/mol. The molecule has 2 nitrogen and oxygen atoms in total. The molecule has 2 aromatic rings. The molecule has 0 aliphatic heterocycles. The van der Waals surface area contributed by atoms with Crippen LogP contribution >= 0.6 is 0 Å². The molecule has 0 spiro atoms. The van der Waals surface area contributed by atoms with E-state index in [2.05, 4.69) is 101 Å². The van der Waals surface area contributed by atoms with Crippen molar-refractivity contribution in [2.75, 3.05) is 6.61 Å². The molecular weight excluding hydrogens is 384 g/mol. The molecule has 0 radical (unpaired) electrons. The van der Waals surface area contributed by atoms with Crippen LogP contribution in [0.3, 0.4) is 0 Å². The molecule has 0 fully saturated rings. The minimum atomic E-state index is -2.47. The first-order valence-electron chi connectivity index (χ1n) is 10.9. The second-order valence-electron chi connectivity index (χ2n) is 9.23. The third-order valence-corrected chi connectivity index (χ3v) is 10.8. The lowest BCUT2D eigenvalue weighted by Gasteiger charge is -2.43. The second kappa shape index (κ2) is 10.9. The van der Waals surface area contributed by atoms with Crippen molar-refractivity contribution < 1.29 is 9.53 Å². The maximum Gasteiger partial charge on any atom is 0.261 e. The highest BCUT2D eigenvalue weighted by molar-refractivity contribution is 6.99. The van der Waals surface area contributed by atoms with Gasteiger partial charge in [-0.1, -0.05) is 101 Å². The maximum absolute atomic E-state index is 10.2. The number of allylic oxidation sites excluding steroid dienone is 1. The van der Waals surface area contributed by atoms with Gasteiger partial charge in [0.1, 0.15) is 0 Å². The summed E-state index contributed by atoms with van der Waals surface area (Å²) in [7, 11) is -2.47. The number of aliphatic hydroxyl groups excluding tert-OH is 1. The van der Waals surface area contributed by atoms with Crippen molar-refractivity contribution in [2.45, 2.75) is 58.6 Å². The van der Waals surface area contributed by atoms with Crippen molar-refractivity contribution in [1.82, 2.24) is 0 Å². The molecule has 0 unspecified atom stereocenters. The number of aliphatic hydroxyl groups is 1. The summed E-state index contributed by atoms with van der Waals surface area (Å²) in [4.78, 5) is 0. The molecule has 0 aliphatic rings. The minimum Gasteiger partial charge on any atom is -0.407 e. The van der Waals surface area contributed by atoms with Crippen LogP contribution in [0, 0.1) is 5.92 Å². The maximum atomic E-state index is 10.2. The van der Waals surface area contributed by atoms with Crippen LogP contribution in [-0.4, -0.2) is 26.1 Å². The van der Waals surface area contributed by atoms with Gasteiger partial charge in [-0.3, -0.25) is 0 Å². The predicted octanol–water partition coefficient (Wildman–Crippen LogP) is 5.47. The van der Waals surface area contributed by atoms with Gasteiger partial charge in [-0.25, -0.2) is 0 Å². The number of rotatable bonds is 10. The Bertz CT molecular complexity index is 766. The summed E-state index contributed by atoms with van der Waals surface area (Å²) in [5, 5.41) is 12.8. The summed E-state index contributed by atoms with van der Waals surface area (Å²) in [6, 6.07) is 21.5. The molecule has 0 bridgehead atoms. The Morgan fingerprint density at radius 2 is 1.53 bits per heavy atom. The van der Waals surface area contributed by atoms with Crippen molar-refractivity contribution >= 4 is 18.7 Å². The van der Waals surface area contributed by atoms with Gasteiger partial charge in [0.05, 0.1) is 6.10 Å². The van der Waals surface area contributed by atoms with E-state index in [0.29, 0.717) is 18.9 Å². The number of hydrogen-bond donors (Lipinski definition) is 1. The van der Waals surface area contributed by atoms with Gasteiger partial charge in [0.25, 0.3) is 8.32 Å². The summed E-state index contributed by atoms with van der Waals surface area (Å²) in [6.45, 7) is 15.5. The SMILES string of the molecule is C=CC[C@H](O)/C(C)=C/[C@@H](C)CCO[Si](c1ccccc1)(c1ccccc1)C(C)(C)C. The summed E-state index contributed by atoms with van der Waals surface area (Å²) in [5.74, 6) is 0.336. The molecule has 0 amide bonds. The minimum absolute atomic E-state index is 0.00907. The van der Waals surface area contributed by atoms with Crippen LogP contribution in [0.1, 0.15) is 47.5 Å². The van der Waals surface area contributed by atoms with E-state index >= 15 is 0 Å². The molecule has 2 rings (SSSR count). The van der Waals surface area contributed by atoms with Crippen molar-refractivity contribution in [3.05, 3.63) is 85.0 Å². The average molecular weight is 423 g/mol. The van der Waals surface area contributed by atoms with Gasteiger partial charge in [-0.05, 0) is 46.7 Å². The zero-order valence-electron chi connectivity index (χ0n) is 19.3. The van der Waals surface area contributed by atoms with E-state index in [1.807, 2.05) is 6.92 Å². The van der Waals surface area contributed by atoms with E-state index in [1.54, 1.807) is 6.08 Å². The van der Waals surface area contributed by atoms with E-state index in [9.17, 15) is 5.11 Å². The fraction of sp³-hybridized carbons (Fsp3) is 0.407. The standard InChI is InChI=1S/C27H38O2Si/c1-7-14-26(28)23(3)21-22(2)19-20-29-30(27(4,5)6,24-15-10-8-11-16-24)25-17-12-9-13-18-25/h7-13,15-18,21-22,26,28H,1,14,19-20H2,2-6H3/b23-21+/t22-,26-/m0/s1. The molecule has 2 atom stereocenters. The van der Waals surface area contributed by atoms with E-state index in [1.165, 1.54) is 10.4 Å². The van der Waals surface area contributed by atoms with Crippen molar-refractivity contribution in [3.8, 4) is 0 Å². The largest absolute Gasteiger partial charge is 0.407 e. The van der Waals surface area contributed by atoms with Gasteiger partial charge < -0.3 is 9.53 Å². The normalized spacial score (nSPS) is 14.9. The van der Waals surface area contributed by atoms with E-state index in [-0.39, 0.29) is 5.04 Å². The van der Waals surface area contributed by atoms with Gasteiger partial charge in [-0.15, -0.1) is 6.58 Å². The average Bonchev–Trinajstić information content (AvgIpc) is 2.71. The zero-order valence-corrected chi connectivity index (χ0v) is 20.3. The first kappa shape index (κ1) is 24.3. The van der Waals surface area contributed by atoms with E-state index in [0.717, 1.165) is 12.0 Å². The lowest BCUT2D eigenvalue weighted by molar-refractivity contribution is 0.213. The molecular formula is C27H38O2Si. The lowest BCUT2D eigenvalue weighted by atomic mass is 10.0. The molecule has 2 aromatic carbocycles. The molecule has 30 heavy (non-hydrogen) atoms. The van der Waals surface area contributed by atoms with E-state index in [4.69, 9.17) is 4.43 Å². The Morgan fingerprint density at radius 3 is 1.97 bits per heavy atom. The molecule has 0 heterocycles. The highest BCUT2D eigenvalue weighted by Crippen LogP contribution is 2.37. The Morgan fingerprint density at radius 1 is 1.03 bits per heavy atom. The summed E-state index contributed by atoms with van der Waals surface area (Å²) in [6.07, 6.45) is 5.00. The van der Waals surface area contributed by atoms with Crippen molar-refractivity contribution in [2.24, 2.45) is 5.92 Å². The van der Waals surface area contributed by atoms with Gasteiger partial charge in [0.2, 0.25) is 0 Å². The summed E-state index contributed by atoms with van der Waals surface area (Å²) in [5.41, 5.74) is 1.01. The Kier molecular flexibility index (Phi) is 8.84.